The van der Waals surface area contributed by atoms with Gasteiger partial charge in [-0.05, 0) is 25.5 Å². The summed E-state index contributed by atoms with van der Waals surface area (Å²) >= 11 is 0. The molecule has 1 aromatic heterocycles. The van der Waals surface area contributed by atoms with Gasteiger partial charge in [0.2, 0.25) is 5.91 Å². The zero-order valence-electron chi connectivity index (χ0n) is 14.9. The van der Waals surface area contributed by atoms with Gasteiger partial charge in [-0.1, -0.05) is 30.3 Å². The highest BCUT2D eigenvalue weighted by molar-refractivity contribution is 5.78. The van der Waals surface area contributed by atoms with Crippen LogP contribution in [0, 0.1) is 0 Å². The molecule has 0 saturated heterocycles. The topological polar surface area (TPSA) is 73.2 Å². The van der Waals surface area contributed by atoms with Gasteiger partial charge in [-0.15, -0.1) is 0 Å². The fourth-order valence-electron chi connectivity index (χ4n) is 2.40. The van der Waals surface area contributed by atoms with E-state index in [1.54, 1.807) is 44.2 Å². The summed E-state index contributed by atoms with van der Waals surface area (Å²) < 4.78 is 43.8. The van der Waals surface area contributed by atoms with E-state index in [2.05, 4.69) is 10.4 Å². The highest BCUT2D eigenvalue weighted by Crippen LogP contribution is 2.27. The van der Waals surface area contributed by atoms with Gasteiger partial charge in [0.15, 0.2) is 5.69 Å². The number of hydrogen-bond acceptors (Lipinski definition) is 4. The molecule has 1 unspecified atom stereocenters. The largest absolute Gasteiger partial charge is 0.463 e. The summed E-state index contributed by atoms with van der Waals surface area (Å²) in [6.07, 6.45) is -3.89. The SMILES string of the molecule is CC(C)OC(=O)CC(NC(=O)Cn1ccc(C(F)(F)F)n1)c1ccccc1. The van der Waals surface area contributed by atoms with Crippen molar-refractivity contribution in [3.63, 3.8) is 0 Å². The molecule has 2 aromatic rings. The fourth-order valence-corrected chi connectivity index (χ4v) is 2.40. The third-order valence-corrected chi connectivity index (χ3v) is 3.51. The fraction of sp³-hybridized carbons (Fsp3) is 0.389. The smallest absolute Gasteiger partial charge is 0.435 e. The lowest BCUT2D eigenvalue weighted by molar-refractivity contribution is -0.148. The first-order chi connectivity index (χ1) is 12.6. The number of rotatable bonds is 7. The van der Waals surface area contributed by atoms with E-state index in [0.717, 1.165) is 16.9 Å². The van der Waals surface area contributed by atoms with Crippen LogP contribution in [0.3, 0.4) is 0 Å². The van der Waals surface area contributed by atoms with Crippen molar-refractivity contribution in [2.45, 2.75) is 45.1 Å². The Balaban J connectivity index is 2.06. The van der Waals surface area contributed by atoms with Gasteiger partial charge in [0.05, 0.1) is 18.6 Å². The Kier molecular flexibility index (Phi) is 6.59. The molecule has 0 aliphatic carbocycles. The molecule has 0 aliphatic heterocycles. The van der Waals surface area contributed by atoms with Crippen LogP contribution >= 0.6 is 0 Å². The van der Waals surface area contributed by atoms with Crippen molar-refractivity contribution in [3.8, 4) is 0 Å². The van der Waals surface area contributed by atoms with Gasteiger partial charge in [0.1, 0.15) is 6.54 Å². The maximum atomic E-state index is 12.6. The lowest BCUT2D eigenvalue weighted by Gasteiger charge is -2.19. The van der Waals surface area contributed by atoms with Gasteiger partial charge in [0, 0.05) is 6.20 Å². The average Bonchev–Trinajstić information content (AvgIpc) is 3.03. The predicted molar refractivity (Wildman–Crippen MR) is 90.4 cm³/mol. The first-order valence-corrected chi connectivity index (χ1v) is 8.29. The molecule has 6 nitrogen and oxygen atoms in total. The van der Waals surface area contributed by atoms with Gasteiger partial charge >= 0.3 is 12.1 Å². The van der Waals surface area contributed by atoms with Gasteiger partial charge in [0.25, 0.3) is 0 Å². The van der Waals surface area contributed by atoms with E-state index in [1.165, 1.54) is 0 Å². The van der Waals surface area contributed by atoms with Crippen molar-refractivity contribution in [2.75, 3.05) is 0 Å². The molecule has 0 bridgehead atoms. The van der Waals surface area contributed by atoms with E-state index in [9.17, 15) is 22.8 Å². The lowest BCUT2D eigenvalue weighted by Crippen LogP contribution is -2.33. The summed E-state index contributed by atoms with van der Waals surface area (Å²) in [4.78, 5) is 24.2. The molecule has 0 saturated carbocycles. The molecule has 1 N–H and O–H groups in total. The summed E-state index contributed by atoms with van der Waals surface area (Å²) in [5, 5.41) is 5.99. The molecule has 0 aliphatic rings. The Morgan fingerprint density at radius 2 is 1.85 bits per heavy atom. The molecule has 27 heavy (non-hydrogen) atoms. The van der Waals surface area contributed by atoms with E-state index < -0.39 is 36.3 Å². The van der Waals surface area contributed by atoms with E-state index in [1.807, 2.05) is 0 Å². The summed E-state index contributed by atoms with van der Waals surface area (Å²) in [6, 6.07) is 8.91. The molecule has 9 heteroatoms. The number of halogens is 3. The van der Waals surface area contributed by atoms with Crippen molar-refractivity contribution < 1.29 is 27.5 Å². The highest BCUT2D eigenvalue weighted by atomic mass is 19.4. The van der Waals surface area contributed by atoms with Crippen LogP contribution in [0.5, 0.6) is 0 Å². The minimum Gasteiger partial charge on any atom is -0.463 e. The van der Waals surface area contributed by atoms with E-state index in [0.29, 0.717) is 5.56 Å². The number of hydrogen-bond donors (Lipinski definition) is 1. The minimum absolute atomic E-state index is 0.0964. The number of benzene rings is 1. The monoisotopic (exact) mass is 383 g/mol. The maximum Gasteiger partial charge on any atom is 0.435 e. The molecule has 0 fully saturated rings. The second-order valence-corrected chi connectivity index (χ2v) is 6.17. The average molecular weight is 383 g/mol. The second kappa shape index (κ2) is 8.70. The van der Waals surface area contributed by atoms with Crippen LogP contribution in [0.2, 0.25) is 0 Å². The van der Waals surface area contributed by atoms with Crippen molar-refractivity contribution in [3.05, 3.63) is 53.9 Å². The second-order valence-electron chi connectivity index (χ2n) is 6.17. The summed E-state index contributed by atoms with van der Waals surface area (Å²) in [7, 11) is 0. The van der Waals surface area contributed by atoms with Crippen LogP contribution in [0.4, 0.5) is 13.2 Å². The number of carbonyl (C=O) groups excluding carboxylic acids is 2. The number of ether oxygens (including phenoxy) is 1. The molecule has 0 radical (unpaired) electrons. The summed E-state index contributed by atoms with van der Waals surface area (Å²) in [5.41, 5.74) is -0.390. The van der Waals surface area contributed by atoms with Gasteiger partial charge in [-0.25, -0.2) is 0 Å². The van der Waals surface area contributed by atoms with Crippen LogP contribution in [-0.2, 0) is 27.0 Å². The normalized spacial score (nSPS) is 12.7. The van der Waals surface area contributed by atoms with Crippen LogP contribution < -0.4 is 5.32 Å². The predicted octanol–water partition coefficient (Wildman–Crippen LogP) is 3.10. The Morgan fingerprint density at radius 1 is 1.19 bits per heavy atom. The Hall–Kier alpha value is -2.84. The van der Waals surface area contributed by atoms with Gasteiger partial charge in [-0.2, -0.15) is 18.3 Å². The molecule has 1 heterocycles. The lowest BCUT2D eigenvalue weighted by atomic mass is 10.0. The Bertz CT molecular complexity index is 773. The summed E-state index contributed by atoms with van der Waals surface area (Å²) in [5.74, 6) is -1.06. The van der Waals surface area contributed by atoms with Crippen LogP contribution in [0.15, 0.2) is 42.6 Å². The van der Waals surface area contributed by atoms with Gasteiger partial charge in [-0.3, -0.25) is 14.3 Å². The number of amides is 1. The molecule has 0 spiro atoms. The van der Waals surface area contributed by atoms with Crippen LogP contribution in [0.25, 0.3) is 0 Å². The molecule has 1 aromatic carbocycles. The molecule has 146 valence electrons. The number of alkyl halides is 3. The standard InChI is InChI=1S/C18H20F3N3O3/c1-12(2)27-17(26)10-14(13-6-4-3-5-7-13)22-16(25)11-24-9-8-15(23-24)18(19,20)21/h3-9,12,14H,10-11H2,1-2H3,(H,22,25). The molecular weight excluding hydrogens is 363 g/mol. The first kappa shape index (κ1) is 20.5. The van der Waals surface area contributed by atoms with Crippen molar-refractivity contribution in [1.29, 1.82) is 0 Å². The van der Waals surface area contributed by atoms with Gasteiger partial charge < -0.3 is 10.1 Å². The third kappa shape index (κ3) is 6.43. The van der Waals surface area contributed by atoms with Crippen molar-refractivity contribution in [1.82, 2.24) is 15.1 Å². The zero-order valence-corrected chi connectivity index (χ0v) is 14.9. The Morgan fingerprint density at radius 3 is 2.41 bits per heavy atom. The highest BCUT2D eigenvalue weighted by Gasteiger charge is 2.33. The van der Waals surface area contributed by atoms with Crippen molar-refractivity contribution >= 4 is 11.9 Å². The number of nitrogens with one attached hydrogen (secondary N) is 1. The number of carbonyl (C=O) groups is 2. The number of esters is 1. The molecule has 1 atom stereocenters. The van der Waals surface area contributed by atoms with Crippen LogP contribution in [0.1, 0.15) is 37.6 Å². The Labute approximate surface area is 154 Å². The number of nitrogens with zero attached hydrogens (tertiary/aromatic N) is 2. The van der Waals surface area contributed by atoms with Crippen LogP contribution in [-0.4, -0.2) is 27.8 Å². The van der Waals surface area contributed by atoms with E-state index in [-0.39, 0.29) is 12.5 Å². The molecular formula is C18H20F3N3O3. The van der Waals surface area contributed by atoms with E-state index >= 15 is 0 Å². The molecule has 1 amide bonds. The molecule has 2 rings (SSSR count). The van der Waals surface area contributed by atoms with E-state index in [4.69, 9.17) is 4.74 Å². The minimum atomic E-state index is -4.57. The maximum absolute atomic E-state index is 12.6. The van der Waals surface area contributed by atoms with Crippen molar-refractivity contribution in [2.24, 2.45) is 0 Å². The summed E-state index contributed by atoms with van der Waals surface area (Å²) in [6.45, 7) is 3.02. The zero-order chi connectivity index (χ0) is 20.0. The first-order valence-electron chi connectivity index (χ1n) is 8.29. The number of aromatic nitrogens is 2. The third-order valence-electron chi connectivity index (χ3n) is 3.51. The quantitative estimate of drug-likeness (QED) is 0.746.